The van der Waals surface area contributed by atoms with Crippen molar-refractivity contribution < 1.29 is 0 Å². The zero-order valence-electron chi connectivity index (χ0n) is 8.33. The van der Waals surface area contributed by atoms with E-state index in [0.717, 1.165) is 24.6 Å². The molecule has 1 aromatic heterocycles. The van der Waals surface area contributed by atoms with Crippen LogP contribution in [-0.4, -0.2) is 35.8 Å². The summed E-state index contributed by atoms with van der Waals surface area (Å²) in [4.78, 5) is 10.4. The fourth-order valence-corrected chi connectivity index (χ4v) is 1.57. The maximum Gasteiger partial charge on any atom is 0.155 e. The van der Waals surface area contributed by atoms with Crippen molar-refractivity contribution in [2.24, 2.45) is 0 Å². The van der Waals surface area contributed by atoms with Crippen LogP contribution in [0.15, 0.2) is 6.33 Å². The second-order valence-electron chi connectivity index (χ2n) is 3.39. The van der Waals surface area contributed by atoms with E-state index in [1.807, 2.05) is 7.05 Å². The Labute approximate surface area is 82.7 Å². The third kappa shape index (κ3) is 1.30. The van der Waals surface area contributed by atoms with Crippen molar-refractivity contribution >= 4 is 17.2 Å². The van der Waals surface area contributed by atoms with Gasteiger partial charge in [-0.05, 0) is 6.92 Å². The molecule has 0 saturated heterocycles. The molecule has 0 aliphatic carbocycles. The third-order valence-electron chi connectivity index (χ3n) is 2.29. The highest BCUT2D eigenvalue weighted by atomic mass is 15.2. The fraction of sp³-hybridized carbons (Fsp3) is 0.444. The van der Waals surface area contributed by atoms with Gasteiger partial charge in [-0.1, -0.05) is 0 Å². The molecule has 74 valence electrons. The molecule has 1 aromatic rings. The number of rotatable bonds is 1. The minimum absolute atomic E-state index is 0.464. The first-order chi connectivity index (χ1) is 6.70. The van der Waals surface area contributed by atoms with Crippen LogP contribution in [0.3, 0.4) is 0 Å². The second-order valence-corrected chi connectivity index (χ2v) is 3.39. The van der Waals surface area contributed by atoms with E-state index in [9.17, 15) is 0 Å². The summed E-state index contributed by atoms with van der Waals surface area (Å²) in [5.41, 5.74) is 2.04. The molecule has 1 aliphatic heterocycles. The van der Waals surface area contributed by atoms with Crippen molar-refractivity contribution in [2.45, 2.75) is 6.92 Å². The molecular formula is C9H13N5. The van der Waals surface area contributed by atoms with Gasteiger partial charge in [0.2, 0.25) is 0 Å². The van der Waals surface area contributed by atoms with Gasteiger partial charge in [0.05, 0.1) is 5.71 Å². The molecule has 2 N–H and O–H groups in total. The van der Waals surface area contributed by atoms with Gasteiger partial charge >= 0.3 is 0 Å². The van der Waals surface area contributed by atoms with Crippen LogP contribution >= 0.6 is 0 Å². The van der Waals surface area contributed by atoms with Gasteiger partial charge in [-0.2, -0.15) is 0 Å². The fourth-order valence-electron chi connectivity index (χ4n) is 1.57. The average molecular weight is 191 g/mol. The zero-order valence-corrected chi connectivity index (χ0v) is 8.33. The van der Waals surface area contributed by atoms with Gasteiger partial charge in [-0.25, -0.2) is 9.97 Å². The molecule has 5 nitrogen and oxygen atoms in total. The quantitative estimate of drug-likeness (QED) is 0.642. The lowest BCUT2D eigenvalue weighted by atomic mass is 10.2. The minimum Gasteiger partial charge on any atom is -0.378 e. The van der Waals surface area contributed by atoms with Crippen LogP contribution in [0.2, 0.25) is 0 Å². The Hall–Kier alpha value is -1.65. The Morgan fingerprint density at radius 3 is 3.07 bits per heavy atom. The minimum atomic E-state index is 0.464. The van der Waals surface area contributed by atoms with Crippen molar-refractivity contribution in [1.29, 1.82) is 5.41 Å². The first-order valence-electron chi connectivity index (χ1n) is 4.55. The Morgan fingerprint density at radius 1 is 1.57 bits per heavy atom. The van der Waals surface area contributed by atoms with E-state index in [0.29, 0.717) is 11.4 Å². The predicted molar refractivity (Wildman–Crippen MR) is 56.3 cm³/mol. The zero-order chi connectivity index (χ0) is 10.1. The van der Waals surface area contributed by atoms with Gasteiger partial charge in [0, 0.05) is 20.1 Å². The summed E-state index contributed by atoms with van der Waals surface area (Å²) < 4.78 is 0. The largest absolute Gasteiger partial charge is 0.378 e. The highest BCUT2D eigenvalue weighted by molar-refractivity contribution is 6.01. The van der Waals surface area contributed by atoms with Crippen molar-refractivity contribution in [3.63, 3.8) is 0 Å². The molecule has 5 heteroatoms. The molecule has 0 bridgehead atoms. The van der Waals surface area contributed by atoms with Gasteiger partial charge in [0.15, 0.2) is 5.82 Å². The smallest absolute Gasteiger partial charge is 0.155 e. The van der Waals surface area contributed by atoms with E-state index < -0.39 is 0 Å². The molecule has 0 spiro atoms. The lowest BCUT2D eigenvalue weighted by Gasteiger charge is -2.27. The number of aromatic nitrogens is 2. The van der Waals surface area contributed by atoms with E-state index in [-0.39, 0.29) is 0 Å². The molecule has 0 saturated carbocycles. The maximum atomic E-state index is 7.59. The molecule has 0 atom stereocenters. The summed E-state index contributed by atoms with van der Waals surface area (Å²) >= 11 is 0. The van der Waals surface area contributed by atoms with Crippen molar-refractivity contribution in [3.8, 4) is 0 Å². The topological polar surface area (TPSA) is 64.9 Å². The predicted octanol–water partition coefficient (Wildman–Crippen LogP) is 0.726. The number of hydrogen-bond donors (Lipinski definition) is 2. The number of anilines is 2. The average Bonchev–Trinajstić information content (AvgIpc) is 2.17. The first kappa shape index (κ1) is 8.93. The van der Waals surface area contributed by atoms with Crippen LogP contribution in [0.1, 0.15) is 12.6 Å². The molecule has 0 radical (unpaired) electrons. The maximum absolute atomic E-state index is 7.59. The van der Waals surface area contributed by atoms with Gasteiger partial charge in [-0.15, -0.1) is 0 Å². The Balaban J connectivity index is 2.55. The van der Waals surface area contributed by atoms with Crippen molar-refractivity contribution in [3.05, 3.63) is 12.0 Å². The normalized spacial score (nSPS) is 14.6. The van der Waals surface area contributed by atoms with E-state index in [1.165, 1.54) is 6.33 Å². The van der Waals surface area contributed by atoms with Gasteiger partial charge in [-0.3, -0.25) is 0 Å². The van der Waals surface area contributed by atoms with Crippen LogP contribution in [-0.2, 0) is 0 Å². The molecule has 2 heterocycles. The van der Waals surface area contributed by atoms with E-state index >= 15 is 0 Å². The van der Waals surface area contributed by atoms with Gasteiger partial charge in [0.1, 0.15) is 17.7 Å². The van der Waals surface area contributed by atoms with Crippen LogP contribution in [0.4, 0.5) is 11.5 Å². The SMILES string of the molecule is CC(=N)c1ncnc2c1NCCN2C. The van der Waals surface area contributed by atoms with Gasteiger partial charge < -0.3 is 15.6 Å². The summed E-state index contributed by atoms with van der Waals surface area (Å²) in [7, 11) is 2.00. The molecule has 0 fully saturated rings. The second kappa shape index (κ2) is 3.25. The molecule has 0 aromatic carbocycles. The molecule has 14 heavy (non-hydrogen) atoms. The Kier molecular flexibility index (Phi) is 2.07. The van der Waals surface area contributed by atoms with E-state index in [4.69, 9.17) is 5.41 Å². The highest BCUT2D eigenvalue weighted by Gasteiger charge is 2.19. The Bertz CT molecular complexity index is 373. The summed E-state index contributed by atoms with van der Waals surface area (Å²) in [6.45, 7) is 3.54. The van der Waals surface area contributed by atoms with Crippen molar-refractivity contribution in [2.75, 3.05) is 30.4 Å². The monoisotopic (exact) mass is 191 g/mol. The van der Waals surface area contributed by atoms with Crippen LogP contribution in [0.5, 0.6) is 0 Å². The standard InChI is InChI=1S/C9H13N5/c1-6(10)7-8-9(13-5-12-7)14(2)4-3-11-8/h5,10-11H,3-4H2,1-2H3. The molecule has 1 aliphatic rings. The molecule has 0 unspecified atom stereocenters. The number of fused-ring (bicyclic) bond motifs is 1. The number of nitrogens with one attached hydrogen (secondary N) is 2. The molecule has 0 amide bonds. The van der Waals surface area contributed by atoms with Crippen molar-refractivity contribution in [1.82, 2.24) is 9.97 Å². The lowest BCUT2D eigenvalue weighted by Crippen LogP contribution is -2.32. The van der Waals surface area contributed by atoms with Crippen LogP contribution < -0.4 is 10.2 Å². The van der Waals surface area contributed by atoms with E-state index in [2.05, 4.69) is 20.2 Å². The Morgan fingerprint density at radius 2 is 2.36 bits per heavy atom. The highest BCUT2D eigenvalue weighted by Crippen LogP contribution is 2.27. The number of likely N-dealkylation sites (N-methyl/N-ethyl adjacent to an activating group) is 1. The van der Waals surface area contributed by atoms with Crippen LogP contribution in [0, 0.1) is 5.41 Å². The number of hydrogen-bond acceptors (Lipinski definition) is 5. The summed E-state index contributed by atoms with van der Waals surface area (Å²) in [5, 5.41) is 10.8. The first-order valence-corrected chi connectivity index (χ1v) is 4.55. The molecule has 2 rings (SSSR count). The summed E-state index contributed by atoms with van der Waals surface area (Å²) in [6, 6.07) is 0. The summed E-state index contributed by atoms with van der Waals surface area (Å²) in [6.07, 6.45) is 1.51. The van der Waals surface area contributed by atoms with E-state index in [1.54, 1.807) is 6.92 Å². The van der Waals surface area contributed by atoms with Gasteiger partial charge in [0.25, 0.3) is 0 Å². The molecular weight excluding hydrogens is 178 g/mol. The van der Waals surface area contributed by atoms with Crippen LogP contribution in [0.25, 0.3) is 0 Å². The summed E-state index contributed by atoms with van der Waals surface area (Å²) in [5.74, 6) is 0.882. The lowest BCUT2D eigenvalue weighted by molar-refractivity contribution is 0.854. The number of nitrogens with zero attached hydrogens (tertiary/aromatic N) is 3. The third-order valence-corrected chi connectivity index (χ3v) is 2.29.